The smallest absolute Gasteiger partial charge is 0.308 e. The SMILES string of the molecule is CCSN1CCN(Cc2cccc(NC(=O)Nc3ccnc(C)c3)c2F)CC1. The molecule has 1 aliphatic heterocycles. The van der Waals surface area contributed by atoms with Crippen LogP contribution in [-0.4, -0.2) is 52.2 Å². The molecule has 0 spiro atoms. The summed E-state index contributed by atoms with van der Waals surface area (Å²) in [5, 5.41) is 5.31. The van der Waals surface area contributed by atoms with E-state index in [2.05, 4.69) is 31.7 Å². The number of urea groups is 1. The highest BCUT2D eigenvalue weighted by Crippen LogP contribution is 2.21. The van der Waals surface area contributed by atoms with Crippen molar-refractivity contribution in [1.82, 2.24) is 14.2 Å². The lowest BCUT2D eigenvalue weighted by Crippen LogP contribution is -2.43. The number of piperazine rings is 1. The third kappa shape index (κ3) is 5.67. The Morgan fingerprint density at radius 1 is 1.21 bits per heavy atom. The van der Waals surface area contributed by atoms with Gasteiger partial charge in [-0.25, -0.2) is 13.5 Å². The van der Waals surface area contributed by atoms with Crippen LogP contribution in [0.25, 0.3) is 0 Å². The number of rotatable bonds is 6. The second-order valence-corrected chi connectivity index (χ2v) is 8.02. The van der Waals surface area contributed by atoms with Crippen molar-refractivity contribution in [1.29, 1.82) is 0 Å². The number of aryl methyl sites for hydroxylation is 1. The van der Waals surface area contributed by atoms with Gasteiger partial charge in [0.15, 0.2) is 5.82 Å². The summed E-state index contributed by atoms with van der Waals surface area (Å²) < 4.78 is 17.3. The van der Waals surface area contributed by atoms with E-state index in [1.807, 2.05) is 18.9 Å². The number of anilines is 2. The second-order valence-electron chi connectivity index (χ2n) is 6.67. The summed E-state index contributed by atoms with van der Waals surface area (Å²) in [4.78, 5) is 18.5. The van der Waals surface area contributed by atoms with Crippen molar-refractivity contribution >= 4 is 29.4 Å². The van der Waals surface area contributed by atoms with Gasteiger partial charge in [0, 0.05) is 61.6 Å². The molecular weight excluding hydrogens is 377 g/mol. The van der Waals surface area contributed by atoms with Gasteiger partial charge >= 0.3 is 6.03 Å². The van der Waals surface area contributed by atoms with E-state index >= 15 is 0 Å². The molecule has 28 heavy (non-hydrogen) atoms. The molecule has 2 amide bonds. The predicted octanol–water partition coefficient (Wildman–Crippen LogP) is 3.96. The van der Waals surface area contributed by atoms with E-state index in [9.17, 15) is 9.18 Å². The van der Waals surface area contributed by atoms with Crippen LogP contribution >= 0.6 is 11.9 Å². The number of benzene rings is 1. The van der Waals surface area contributed by atoms with Gasteiger partial charge in [0.05, 0.1) is 5.69 Å². The molecule has 1 fully saturated rings. The lowest BCUT2D eigenvalue weighted by molar-refractivity contribution is 0.187. The van der Waals surface area contributed by atoms with Crippen LogP contribution in [0.3, 0.4) is 0 Å². The molecule has 1 aromatic carbocycles. The monoisotopic (exact) mass is 403 g/mol. The topological polar surface area (TPSA) is 60.5 Å². The Labute approximate surface area is 169 Å². The molecule has 0 bridgehead atoms. The number of amides is 2. The fraction of sp³-hybridized carbons (Fsp3) is 0.400. The minimum absolute atomic E-state index is 0.181. The summed E-state index contributed by atoms with van der Waals surface area (Å²) in [6, 6.07) is 8.09. The molecule has 0 unspecified atom stereocenters. The summed E-state index contributed by atoms with van der Waals surface area (Å²) in [5.41, 5.74) is 2.18. The Bertz CT molecular complexity index is 811. The van der Waals surface area contributed by atoms with Gasteiger partial charge in [-0.15, -0.1) is 0 Å². The largest absolute Gasteiger partial charge is 0.323 e. The van der Waals surface area contributed by atoms with Gasteiger partial charge in [-0.2, -0.15) is 0 Å². The number of halogens is 1. The first-order chi connectivity index (χ1) is 13.5. The minimum Gasteiger partial charge on any atom is -0.308 e. The van der Waals surface area contributed by atoms with E-state index in [4.69, 9.17) is 0 Å². The zero-order chi connectivity index (χ0) is 19.9. The van der Waals surface area contributed by atoms with Gasteiger partial charge in [0.2, 0.25) is 0 Å². The van der Waals surface area contributed by atoms with E-state index in [1.54, 1.807) is 36.5 Å². The van der Waals surface area contributed by atoms with Gasteiger partial charge in [-0.3, -0.25) is 9.88 Å². The van der Waals surface area contributed by atoms with Gasteiger partial charge < -0.3 is 10.6 Å². The van der Waals surface area contributed by atoms with Crippen LogP contribution in [0.4, 0.5) is 20.6 Å². The maximum atomic E-state index is 14.9. The molecule has 0 radical (unpaired) electrons. The van der Waals surface area contributed by atoms with E-state index in [1.165, 1.54) is 0 Å². The highest BCUT2D eigenvalue weighted by Gasteiger charge is 2.19. The Kier molecular flexibility index (Phi) is 7.24. The Balaban J connectivity index is 1.59. The number of nitrogens with zero attached hydrogens (tertiary/aromatic N) is 3. The number of aromatic nitrogens is 1. The van der Waals surface area contributed by atoms with Gasteiger partial charge in [0.1, 0.15) is 0 Å². The molecule has 0 saturated carbocycles. The quantitative estimate of drug-likeness (QED) is 0.715. The molecule has 2 heterocycles. The third-order valence-corrected chi connectivity index (χ3v) is 5.51. The van der Waals surface area contributed by atoms with Crippen molar-refractivity contribution in [3.05, 3.63) is 53.6 Å². The van der Waals surface area contributed by atoms with Crippen molar-refractivity contribution < 1.29 is 9.18 Å². The Morgan fingerprint density at radius 2 is 2.00 bits per heavy atom. The first-order valence-electron chi connectivity index (χ1n) is 9.43. The summed E-state index contributed by atoms with van der Waals surface area (Å²) in [5.74, 6) is 0.692. The molecule has 6 nitrogen and oxygen atoms in total. The van der Waals surface area contributed by atoms with E-state index < -0.39 is 6.03 Å². The number of hydrogen-bond acceptors (Lipinski definition) is 5. The number of pyridine rings is 1. The molecule has 3 rings (SSSR count). The predicted molar refractivity (Wildman–Crippen MR) is 113 cm³/mol. The number of hydrogen-bond donors (Lipinski definition) is 2. The standard InChI is InChI=1S/C20H26FN5OS/c1-3-28-26-11-9-25(10-12-26)14-16-5-4-6-18(19(16)21)24-20(27)23-17-7-8-22-15(2)13-17/h4-8,13H,3,9-12,14H2,1-2H3,(H2,22,23,24,27). The van der Waals surface area contributed by atoms with Crippen molar-refractivity contribution in [3.8, 4) is 0 Å². The van der Waals surface area contributed by atoms with Crippen LogP contribution in [0.5, 0.6) is 0 Å². The molecule has 0 aliphatic carbocycles. The van der Waals surface area contributed by atoms with Crippen molar-refractivity contribution in [3.63, 3.8) is 0 Å². The lowest BCUT2D eigenvalue weighted by Gasteiger charge is -2.33. The number of carbonyl (C=O) groups is 1. The molecule has 1 saturated heterocycles. The van der Waals surface area contributed by atoms with E-state index in [0.717, 1.165) is 37.6 Å². The third-order valence-electron chi connectivity index (χ3n) is 4.52. The molecular formula is C20H26FN5OS. The minimum atomic E-state index is -0.480. The van der Waals surface area contributed by atoms with Gasteiger partial charge in [-0.1, -0.05) is 31.0 Å². The number of carbonyl (C=O) groups excluding carboxylic acids is 1. The fourth-order valence-corrected chi connectivity index (χ4v) is 3.93. The van der Waals surface area contributed by atoms with Gasteiger partial charge in [0.25, 0.3) is 0 Å². The van der Waals surface area contributed by atoms with Gasteiger partial charge in [-0.05, 0) is 25.1 Å². The zero-order valence-electron chi connectivity index (χ0n) is 16.2. The van der Waals surface area contributed by atoms with Crippen LogP contribution < -0.4 is 10.6 Å². The Hall–Kier alpha value is -2.16. The van der Waals surface area contributed by atoms with Crippen LogP contribution in [-0.2, 0) is 6.54 Å². The van der Waals surface area contributed by atoms with E-state index in [-0.39, 0.29) is 11.5 Å². The molecule has 2 aromatic rings. The van der Waals surface area contributed by atoms with Crippen molar-refractivity contribution in [2.24, 2.45) is 0 Å². The molecule has 1 aliphatic rings. The molecule has 8 heteroatoms. The normalized spacial score (nSPS) is 15.4. The summed E-state index contributed by atoms with van der Waals surface area (Å²) in [6.45, 7) is 8.30. The van der Waals surface area contributed by atoms with Crippen molar-refractivity contribution in [2.45, 2.75) is 20.4 Å². The molecule has 2 N–H and O–H groups in total. The average molecular weight is 404 g/mol. The lowest BCUT2D eigenvalue weighted by atomic mass is 10.1. The highest BCUT2D eigenvalue weighted by molar-refractivity contribution is 7.96. The fourth-order valence-electron chi connectivity index (χ4n) is 3.15. The number of nitrogens with one attached hydrogen (secondary N) is 2. The summed E-state index contributed by atoms with van der Waals surface area (Å²) in [6.07, 6.45) is 1.62. The van der Waals surface area contributed by atoms with E-state index in [0.29, 0.717) is 17.8 Å². The molecule has 150 valence electrons. The maximum absolute atomic E-state index is 14.9. The molecule has 1 aromatic heterocycles. The first kappa shape index (κ1) is 20.6. The maximum Gasteiger partial charge on any atom is 0.323 e. The summed E-state index contributed by atoms with van der Waals surface area (Å²) >= 11 is 1.85. The highest BCUT2D eigenvalue weighted by atomic mass is 32.2. The second kappa shape index (κ2) is 9.86. The van der Waals surface area contributed by atoms with Crippen LogP contribution in [0.1, 0.15) is 18.2 Å². The summed E-state index contributed by atoms with van der Waals surface area (Å²) in [7, 11) is 0. The van der Waals surface area contributed by atoms with Crippen LogP contribution in [0.15, 0.2) is 36.5 Å². The van der Waals surface area contributed by atoms with Crippen LogP contribution in [0.2, 0.25) is 0 Å². The Morgan fingerprint density at radius 3 is 2.71 bits per heavy atom. The van der Waals surface area contributed by atoms with Crippen molar-refractivity contribution in [2.75, 3.05) is 42.6 Å². The van der Waals surface area contributed by atoms with Crippen LogP contribution in [0, 0.1) is 12.7 Å². The average Bonchev–Trinajstić information content (AvgIpc) is 2.67. The molecule has 0 atom stereocenters. The zero-order valence-corrected chi connectivity index (χ0v) is 17.1. The first-order valence-corrected chi connectivity index (χ1v) is 10.4.